The first-order valence-corrected chi connectivity index (χ1v) is 12.7. The summed E-state index contributed by atoms with van der Waals surface area (Å²) in [7, 11) is -3.91. The van der Waals surface area contributed by atoms with Gasteiger partial charge < -0.3 is 10.1 Å². The molecule has 4 aromatic rings. The maximum absolute atomic E-state index is 12.7. The average Bonchev–Trinajstić information content (AvgIpc) is 3.29. The first-order chi connectivity index (χ1) is 17.1. The predicted octanol–water partition coefficient (Wildman–Crippen LogP) is 4.69. The molecule has 0 radical (unpaired) electrons. The Bertz CT molecular complexity index is 1500. The Kier molecular flexibility index (Phi) is 7.43. The van der Waals surface area contributed by atoms with Crippen molar-refractivity contribution in [1.29, 1.82) is 0 Å². The zero-order valence-corrected chi connectivity index (χ0v) is 21.4. The van der Waals surface area contributed by atoms with Crippen LogP contribution in [0.25, 0.3) is 0 Å². The summed E-state index contributed by atoms with van der Waals surface area (Å²) in [6.07, 6.45) is 1.57. The number of aryl methyl sites for hydroxylation is 2. The van der Waals surface area contributed by atoms with Gasteiger partial charge in [-0.3, -0.25) is 4.79 Å². The smallest absolute Gasteiger partial charge is 0.276 e. The highest BCUT2D eigenvalue weighted by molar-refractivity contribution is 7.92. The number of anilines is 2. The summed E-state index contributed by atoms with van der Waals surface area (Å²) in [5.41, 5.74) is 1.81. The van der Waals surface area contributed by atoms with Gasteiger partial charge in [-0.2, -0.15) is 5.10 Å². The Morgan fingerprint density at radius 3 is 2.42 bits per heavy atom. The zero-order valence-electron chi connectivity index (χ0n) is 19.1. The number of carbonyl (C=O) groups is 1. The number of amides is 1. The number of sulfonamides is 1. The van der Waals surface area contributed by atoms with Gasteiger partial charge in [0.25, 0.3) is 15.9 Å². The van der Waals surface area contributed by atoms with Crippen LogP contribution in [-0.2, 0) is 16.8 Å². The number of rotatable bonds is 8. The van der Waals surface area contributed by atoms with Crippen LogP contribution in [0.4, 0.5) is 11.6 Å². The van der Waals surface area contributed by atoms with Crippen molar-refractivity contribution < 1.29 is 17.9 Å². The molecule has 0 saturated carbocycles. The van der Waals surface area contributed by atoms with E-state index in [9.17, 15) is 13.2 Å². The van der Waals surface area contributed by atoms with E-state index < -0.39 is 15.9 Å². The van der Waals surface area contributed by atoms with Crippen molar-refractivity contribution in [3.63, 3.8) is 0 Å². The van der Waals surface area contributed by atoms with Crippen molar-refractivity contribution in [2.75, 3.05) is 10.0 Å². The van der Waals surface area contributed by atoms with Crippen LogP contribution in [0.5, 0.6) is 5.75 Å². The summed E-state index contributed by atoms with van der Waals surface area (Å²) in [6, 6.07) is 13.9. The zero-order chi connectivity index (χ0) is 25.9. The summed E-state index contributed by atoms with van der Waals surface area (Å²) in [5, 5.41) is 7.49. The maximum Gasteiger partial charge on any atom is 0.276 e. The lowest BCUT2D eigenvalue weighted by molar-refractivity contribution is 0.102. The van der Waals surface area contributed by atoms with E-state index in [1.54, 1.807) is 44.3 Å². The predicted molar refractivity (Wildman–Crippen MR) is 136 cm³/mol. The van der Waals surface area contributed by atoms with E-state index in [1.807, 2.05) is 0 Å². The van der Waals surface area contributed by atoms with Crippen molar-refractivity contribution in [3.8, 4) is 5.75 Å². The number of carbonyl (C=O) groups excluding carboxylic acids is 1. The van der Waals surface area contributed by atoms with Gasteiger partial charge in [0.1, 0.15) is 10.8 Å². The molecular weight excluding hydrogens is 527 g/mol. The first-order valence-electron chi connectivity index (χ1n) is 10.5. The number of hydrogen-bond donors (Lipinski definition) is 2. The maximum atomic E-state index is 12.7. The Balaban J connectivity index is 1.38. The molecule has 0 spiro atoms. The topological polar surface area (TPSA) is 128 Å². The van der Waals surface area contributed by atoms with Gasteiger partial charge in [-0.05, 0) is 62.4 Å². The summed E-state index contributed by atoms with van der Waals surface area (Å²) in [5.74, 6) is -0.103. The molecule has 13 heteroatoms. The second-order valence-electron chi connectivity index (χ2n) is 7.62. The normalized spacial score (nSPS) is 11.2. The molecule has 4 rings (SSSR count). The lowest BCUT2D eigenvalue weighted by Crippen LogP contribution is -2.16. The molecule has 0 bridgehead atoms. The third kappa shape index (κ3) is 6.11. The minimum absolute atomic E-state index is 0.00985. The van der Waals surface area contributed by atoms with Crippen LogP contribution in [0.15, 0.2) is 65.7 Å². The molecular formula is C23H20Cl2N6O4S. The van der Waals surface area contributed by atoms with Crippen LogP contribution in [-0.4, -0.2) is 34.1 Å². The van der Waals surface area contributed by atoms with Gasteiger partial charge in [-0.15, -0.1) is 0 Å². The molecule has 0 aliphatic heterocycles. The van der Waals surface area contributed by atoms with Gasteiger partial charge in [0, 0.05) is 23.3 Å². The van der Waals surface area contributed by atoms with Gasteiger partial charge in [0.05, 0.1) is 9.92 Å². The van der Waals surface area contributed by atoms with Crippen LogP contribution < -0.4 is 14.8 Å². The molecule has 2 aromatic carbocycles. The van der Waals surface area contributed by atoms with Crippen molar-refractivity contribution in [2.45, 2.75) is 25.5 Å². The molecule has 0 fully saturated rings. The van der Waals surface area contributed by atoms with E-state index in [-0.39, 0.29) is 28.3 Å². The first kappa shape index (κ1) is 25.4. The number of hydrogen-bond acceptors (Lipinski definition) is 7. The Morgan fingerprint density at radius 1 is 1.03 bits per heavy atom. The van der Waals surface area contributed by atoms with Gasteiger partial charge >= 0.3 is 0 Å². The highest BCUT2D eigenvalue weighted by Gasteiger charge is 2.17. The highest BCUT2D eigenvalue weighted by Crippen LogP contribution is 2.31. The molecule has 36 heavy (non-hydrogen) atoms. The van der Waals surface area contributed by atoms with E-state index in [4.69, 9.17) is 27.9 Å². The van der Waals surface area contributed by atoms with E-state index in [2.05, 4.69) is 25.1 Å². The van der Waals surface area contributed by atoms with E-state index in [0.29, 0.717) is 27.8 Å². The molecule has 186 valence electrons. The lowest BCUT2D eigenvalue weighted by Gasteiger charge is -2.09. The fraction of sp³-hybridized carbons (Fsp3) is 0.130. The third-order valence-corrected chi connectivity index (χ3v) is 6.92. The monoisotopic (exact) mass is 546 g/mol. The summed E-state index contributed by atoms with van der Waals surface area (Å²) >= 11 is 12.1. The number of benzene rings is 2. The molecule has 0 saturated heterocycles. The third-order valence-electron chi connectivity index (χ3n) is 4.77. The van der Waals surface area contributed by atoms with Crippen LogP contribution in [0.1, 0.15) is 21.9 Å². The fourth-order valence-corrected chi connectivity index (χ4v) is 4.44. The van der Waals surface area contributed by atoms with Crippen molar-refractivity contribution in [3.05, 3.63) is 87.9 Å². The van der Waals surface area contributed by atoms with E-state index in [1.165, 1.54) is 35.0 Å². The van der Waals surface area contributed by atoms with Crippen molar-refractivity contribution in [1.82, 2.24) is 19.7 Å². The quantitative estimate of drug-likeness (QED) is 0.328. The summed E-state index contributed by atoms with van der Waals surface area (Å²) < 4.78 is 34.7. The van der Waals surface area contributed by atoms with Gasteiger partial charge in [-0.25, -0.2) is 27.8 Å². The van der Waals surface area contributed by atoms with E-state index >= 15 is 0 Å². The number of halogens is 2. The number of aromatic nitrogens is 4. The van der Waals surface area contributed by atoms with Crippen LogP contribution in [0.3, 0.4) is 0 Å². The second-order valence-corrected chi connectivity index (χ2v) is 10.1. The molecule has 10 nitrogen and oxygen atoms in total. The van der Waals surface area contributed by atoms with Crippen LogP contribution in [0.2, 0.25) is 10.0 Å². The molecule has 2 N–H and O–H groups in total. The van der Waals surface area contributed by atoms with E-state index in [0.717, 1.165) is 0 Å². The Labute approximate surface area is 217 Å². The molecule has 2 aromatic heterocycles. The molecule has 0 unspecified atom stereocenters. The minimum Gasteiger partial charge on any atom is -0.470 e. The lowest BCUT2D eigenvalue weighted by atomic mass is 10.3. The summed E-state index contributed by atoms with van der Waals surface area (Å²) in [4.78, 5) is 20.7. The minimum atomic E-state index is -3.91. The number of ether oxygens (including phenoxy) is 1. The molecule has 0 aliphatic carbocycles. The van der Waals surface area contributed by atoms with Crippen LogP contribution in [0, 0.1) is 13.8 Å². The average molecular weight is 547 g/mol. The second kappa shape index (κ2) is 10.5. The molecule has 2 heterocycles. The van der Waals surface area contributed by atoms with Gasteiger partial charge in [-0.1, -0.05) is 29.3 Å². The molecule has 0 aliphatic rings. The highest BCUT2D eigenvalue weighted by atomic mass is 35.5. The number of nitrogens with zero attached hydrogens (tertiary/aromatic N) is 4. The van der Waals surface area contributed by atoms with Crippen LogP contribution >= 0.6 is 23.2 Å². The molecule has 0 atom stereocenters. The standard InChI is InChI=1S/C23H20Cl2N6O4S/c1-14-12-15(2)27-23(26-14)30-36(33,34)17-8-6-16(7-9-17)28-22(32)19-10-11-31(29-19)13-35-20-5-3-4-18(24)21(20)25/h3-12H,13H2,1-2H3,(H,28,32)(H,26,27,30). The van der Waals surface area contributed by atoms with Crippen molar-refractivity contribution >= 4 is 50.8 Å². The summed E-state index contributed by atoms with van der Waals surface area (Å²) in [6.45, 7) is 3.50. The van der Waals surface area contributed by atoms with Gasteiger partial charge in [0.15, 0.2) is 12.4 Å². The SMILES string of the molecule is Cc1cc(C)nc(NS(=O)(=O)c2ccc(NC(=O)c3ccn(COc4cccc(Cl)c4Cl)n3)cc2)n1. The Morgan fingerprint density at radius 2 is 1.72 bits per heavy atom. The molecule has 1 amide bonds. The fourth-order valence-electron chi connectivity index (χ4n) is 3.15. The van der Waals surface area contributed by atoms with Crippen molar-refractivity contribution in [2.24, 2.45) is 0 Å². The largest absolute Gasteiger partial charge is 0.470 e. The number of nitrogens with one attached hydrogen (secondary N) is 2. The Hall–Kier alpha value is -3.67. The van der Waals surface area contributed by atoms with Gasteiger partial charge in [0.2, 0.25) is 5.95 Å².